The van der Waals surface area contributed by atoms with Crippen LogP contribution in [0.3, 0.4) is 0 Å². The minimum absolute atomic E-state index is 0.195. The molecular formula is C12H14N2O4. The number of anilines is 1. The van der Waals surface area contributed by atoms with E-state index < -0.39 is 11.9 Å². The molecular weight excluding hydrogens is 236 g/mol. The molecule has 0 saturated heterocycles. The van der Waals surface area contributed by atoms with E-state index >= 15 is 0 Å². The number of methoxy groups -OCH3 is 1. The van der Waals surface area contributed by atoms with Gasteiger partial charge in [0.1, 0.15) is 6.54 Å². The summed E-state index contributed by atoms with van der Waals surface area (Å²) in [6.45, 7) is 1.18. The van der Waals surface area contributed by atoms with E-state index in [9.17, 15) is 14.4 Å². The van der Waals surface area contributed by atoms with Crippen LogP contribution in [0.5, 0.6) is 0 Å². The van der Waals surface area contributed by atoms with E-state index in [-0.39, 0.29) is 12.5 Å². The Kier molecular flexibility index (Phi) is 4.86. The Balaban J connectivity index is 2.68. The van der Waals surface area contributed by atoms with Gasteiger partial charge in [-0.1, -0.05) is 6.07 Å². The molecule has 2 N–H and O–H groups in total. The lowest BCUT2D eigenvalue weighted by Gasteiger charge is -2.06. The SMILES string of the molecule is COC(=O)CNC(=O)c1cccc(NC(C)=O)c1. The Morgan fingerprint density at radius 2 is 2.00 bits per heavy atom. The molecule has 0 fully saturated rings. The molecule has 1 aromatic carbocycles. The average Bonchev–Trinajstić information content (AvgIpc) is 2.35. The molecule has 1 rings (SSSR count). The zero-order chi connectivity index (χ0) is 13.5. The van der Waals surface area contributed by atoms with Crippen molar-refractivity contribution in [2.75, 3.05) is 19.0 Å². The minimum atomic E-state index is -0.527. The van der Waals surface area contributed by atoms with Crippen LogP contribution < -0.4 is 10.6 Å². The fraction of sp³-hybridized carbons (Fsp3) is 0.250. The summed E-state index contributed by atoms with van der Waals surface area (Å²) in [5, 5.41) is 4.97. The number of nitrogens with one attached hydrogen (secondary N) is 2. The van der Waals surface area contributed by atoms with Gasteiger partial charge in [0.05, 0.1) is 7.11 Å². The Hall–Kier alpha value is -2.37. The van der Waals surface area contributed by atoms with E-state index in [0.29, 0.717) is 11.3 Å². The van der Waals surface area contributed by atoms with Gasteiger partial charge in [0, 0.05) is 18.2 Å². The van der Waals surface area contributed by atoms with Crippen LogP contribution >= 0.6 is 0 Å². The van der Waals surface area contributed by atoms with Crippen LogP contribution in [0.2, 0.25) is 0 Å². The Bertz CT molecular complexity index is 471. The van der Waals surface area contributed by atoms with E-state index in [0.717, 1.165) is 0 Å². The van der Waals surface area contributed by atoms with Crippen molar-refractivity contribution in [2.45, 2.75) is 6.92 Å². The van der Waals surface area contributed by atoms with Gasteiger partial charge in [-0.25, -0.2) is 0 Å². The highest BCUT2D eigenvalue weighted by atomic mass is 16.5. The molecule has 6 nitrogen and oxygen atoms in total. The summed E-state index contributed by atoms with van der Waals surface area (Å²) < 4.78 is 4.40. The van der Waals surface area contributed by atoms with Crippen LogP contribution in [0.25, 0.3) is 0 Å². The molecule has 0 aliphatic carbocycles. The van der Waals surface area contributed by atoms with Gasteiger partial charge < -0.3 is 15.4 Å². The van der Waals surface area contributed by atoms with Crippen molar-refractivity contribution in [3.05, 3.63) is 29.8 Å². The van der Waals surface area contributed by atoms with E-state index in [1.807, 2.05) is 0 Å². The second-order valence-electron chi connectivity index (χ2n) is 3.52. The Morgan fingerprint density at radius 1 is 1.28 bits per heavy atom. The number of amides is 2. The first-order chi connectivity index (χ1) is 8.52. The van der Waals surface area contributed by atoms with Crippen LogP contribution in [0.15, 0.2) is 24.3 Å². The van der Waals surface area contributed by atoms with Crippen LogP contribution in [-0.4, -0.2) is 31.4 Å². The maximum absolute atomic E-state index is 11.7. The Labute approximate surface area is 104 Å². The van der Waals surface area contributed by atoms with E-state index in [1.54, 1.807) is 18.2 Å². The molecule has 0 atom stereocenters. The van der Waals surface area contributed by atoms with Crippen molar-refractivity contribution >= 4 is 23.5 Å². The molecule has 0 aliphatic heterocycles. The molecule has 1 aromatic rings. The van der Waals surface area contributed by atoms with Gasteiger partial charge in [-0.05, 0) is 18.2 Å². The molecule has 2 amide bonds. The number of ether oxygens (including phenoxy) is 1. The number of benzene rings is 1. The second kappa shape index (κ2) is 6.39. The van der Waals surface area contributed by atoms with Gasteiger partial charge in [0.25, 0.3) is 5.91 Å². The third-order valence-electron chi connectivity index (χ3n) is 2.07. The zero-order valence-corrected chi connectivity index (χ0v) is 10.1. The first-order valence-electron chi connectivity index (χ1n) is 5.25. The summed E-state index contributed by atoms with van der Waals surface area (Å²) in [5.74, 6) is -1.16. The molecule has 0 radical (unpaired) electrons. The monoisotopic (exact) mass is 250 g/mol. The van der Waals surface area contributed by atoms with Crippen molar-refractivity contribution in [1.82, 2.24) is 5.32 Å². The topological polar surface area (TPSA) is 84.5 Å². The minimum Gasteiger partial charge on any atom is -0.468 e. The third kappa shape index (κ3) is 4.25. The highest BCUT2D eigenvalue weighted by molar-refractivity contribution is 5.98. The summed E-state index contributed by atoms with van der Waals surface area (Å²) in [5.41, 5.74) is 0.873. The summed E-state index contributed by atoms with van der Waals surface area (Å²) in [7, 11) is 1.24. The van der Waals surface area contributed by atoms with Gasteiger partial charge in [-0.2, -0.15) is 0 Å². The van der Waals surface area contributed by atoms with Crippen molar-refractivity contribution < 1.29 is 19.1 Å². The number of carbonyl (C=O) groups excluding carboxylic acids is 3. The van der Waals surface area contributed by atoms with Crippen molar-refractivity contribution in [3.8, 4) is 0 Å². The molecule has 0 heterocycles. The second-order valence-corrected chi connectivity index (χ2v) is 3.52. The molecule has 0 saturated carbocycles. The van der Waals surface area contributed by atoms with Crippen LogP contribution in [-0.2, 0) is 14.3 Å². The maximum Gasteiger partial charge on any atom is 0.325 e. The van der Waals surface area contributed by atoms with Gasteiger partial charge in [-0.15, -0.1) is 0 Å². The molecule has 6 heteroatoms. The lowest BCUT2D eigenvalue weighted by Crippen LogP contribution is -2.30. The molecule has 0 bridgehead atoms. The first-order valence-corrected chi connectivity index (χ1v) is 5.25. The lowest BCUT2D eigenvalue weighted by molar-refractivity contribution is -0.139. The Morgan fingerprint density at radius 3 is 2.61 bits per heavy atom. The number of hydrogen-bond acceptors (Lipinski definition) is 4. The predicted molar refractivity (Wildman–Crippen MR) is 65.1 cm³/mol. The van der Waals surface area contributed by atoms with Gasteiger partial charge in [0.15, 0.2) is 0 Å². The summed E-state index contributed by atoms with van der Waals surface area (Å²) >= 11 is 0. The zero-order valence-electron chi connectivity index (χ0n) is 10.1. The summed E-state index contributed by atoms with van der Waals surface area (Å²) in [4.78, 5) is 33.4. The van der Waals surface area contributed by atoms with Gasteiger partial charge in [0.2, 0.25) is 5.91 Å². The number of carbonyl (C=O) groups is 3. The predicted octanol–water partition coefficient (Wildman–Crippen LogP) is 0.548. The van der Waals surface area contributed by atoms with Crippen LogP contribution in [0.1, 0.15) is 17.3 Å². The maximum atomic E-state index is 11.7. The number of hydrogen-bond donors (Lipinski definition) is 2. The lowest BCUT2D eigenvalue weighted by atomic mass is 10.2. The van der Waals surface area contributed by atoms with Crippen molar-refractivity contribution in [2.24, 2.45) is 0 Å². The van der Waals surface area contributed by atoms with Crippen molar-refractivity contribution in [1.29, 1.82) is 0 Å². The highest BCUT2D eigenvalue weighted by Gasteiger charge is 2.08. The number of rotatable bonds is 4. The fourth-order valence-electron chi connectivity index (χ4n) is 1.27. The van der Waals surface area contributed by atoms with E-state index in [2.05, 4.69) is 15.4 Å². The molecule has 96 valence electrons. The van der Waals surface area contributed by atoms with Crippen LogP contribution in [0.4, 0.5) is 5.69 Å². The van der Waals surface area contributed by atoms with Gasteiger partial charge in [-0.3, -0.25) is 14.4 Å². The smallest absolute Gasteiger partial charge is 0.325 e. The van der Waals surface area contributed by atoms with Gasteiger partial charge >= 0.3 is 5.97 Å². The van der Waals surface area contributed by atoms with E-state index in [1.165, 1.54) is 20.1 Å². The average molecular weight is 250 g/mol. The molecule has 0 spiro atoms. The molecule has 0 aliphatic rings. The largest absolute Gasteiger partial charge is 0.468 e. The quantitative estimate of drug-likeness (QED) is 0.764. The highest BCUT2D eigenvalue weighted by Crippen LogP contribution is 2.10. The molecule has 0 aromatic heterocycles. The normalized spacial score (nSPS) is 9.44. The molecule has 18 heavy (non-hydrogen) atoms. The first kappa shape index (κ1) is 13.7. The van der Waals surface area contributed by atoms with Crippen LogP contribution in [0, 0.1) is 0 Å². The fourth-order valence-corrected chi connectivity index (χ4v) is 1.27. The van der Waals surface area contributed by atoms with Crippen molar-refractivity contribution in [3.63, 3.8) is 0 Å². The summed E-state index contributed by atoms with van der Waals surface area (Å²) in [6.07, 6.45) is 0. The summed E-state index contributed by atoms with van der Waals surface area (Å²) in [6, 6.07) is 6.41. The number of esters is 1. The van der Waals surface area contributed by atoms with E-state index in [4.69, 9.17) is 0 Å². The third-order valence-corrected chi connectivity index (χ3v) is 2.07. The molecule has 0 unspecified atom stereocenters. The standard InChI is InChI=1S/C12H14N2O4/c1-8(15)14-10-5-3-4-9(6-10)12(17)13-7-11(16)18-2/h3-6H,7H2,1-2H3,(H,13,17)(H,14,15).